The third kappa shape index (κ3) is 2.33. The second kappa shape index (κ2) is 5.70. The van der Waals surface area contributed by atoms with Crippen LogP contribution in [0.1, 0.15) is 17.0 Å². The molecular formula is C14H17N3O3. The molecule has 0 unspecified atom stereocenters. The van der Waals surface area contributed by atoms with Crippen LogP contribution in [0.2, 0.25) is 0 Å². The number of rotatable bonds is 5. The summed E-state index contributed by atoms with van der Waals surface area (Å²) in [4.78, 5) is 0. The molecule has 0 amide bonds. The van der Waals surface area contributed by atoms with Crippen molar-refractivity contribution < 1.29 is 14.6 Å². The van der Waals surface area contributed by atoms with Crippen LogP contribution in [0, 0.1) is 0 Å². The number of ether oxygens (including phenoxy) is 2. The van der Waals surface area contributed by atoms with E-state index in [1.807, 2.05) is 10.6 Å². The highest BCUT2D eigenvalue weighted by atomic mass is 16.5. The Balaban J connectivity index is 1.98. The molecule has 0 saturated heterocycles. The summed E-state index contributed by atoms with van der Waals surface area (Å²) < 4.78 is 12.4. The summed E-state index contributed by atoms with van der Waals surface area (Å²) in [6, 6.07) is 6.16. The largest absolute Gasteiger partial charge is 0.388 e. The van der Waals surface area contributed by atoms with Gasteiger partial charge in [-0.1, -0.05) is 12.1 Å². The Morgan fingerprint density at radius 2 is 2.15 bits per heavy atom. The maximum Gasteiger partial charge on any atom is 0.164 e. The molecule has 0 saturated carbocycles. The van der Waals surface area contributed by atoms with Crippen molar-refractivity contribution in [2.75, 3.05) is 13.7 Å². The van der Waals surface area contributed by atoms with Gasteiger partial charge in [0.05, 0.1) is 19.8 Å². The van der Waals surface area contributed by atoms with E-state index in [1.165, 1.54) is 11.1 Å². The Labute approximate surface area is 117 Å². The van der Waals surface area contributed by atoms with Gasteiger partial charge in [0.25, 0.3) is 0 Å². The lowest BCUT2D eigenvalue weighted by atomic mass is 10.1. The first-order valence-corrected chi connectivity index (χ1v) is 6.55. The van der Waals surface area contributed by atoms with E-state index in [9.17, 15) is 5.11 Å². The summed E-state index contributed by atoms with van der Waals surface area (Å²) >= 11 is 0. The van der Waals surface area contributed by atoms with Gasteiger partial charge in [0.1, 0.15) is 6.61 Å². The number of methoxy groups -OCH3 is 1. The average molecular weight is 275 g/mol. The van der Waals surface area contributed by atoms with Gasteiger partial charge in [0, 0.05) is 19.2 Å². The first-order valence-electron chi connectivity index (χ1n) is 6.55. The Bertz CT molecular complexity index is 610. The fraction of sp³-hybridized carbons (Fsp3) is 0.429. The summed E-state index contributed by atoms with van der Waals surface area (Å²) in [5, 5.41) is 17.6. The van der Waals surface area contributed by atoms with Gasteiger partial charge >= 0.3 is 0 Å². The molecule has 1 N–H and O–H groups in total. The van der Waals surface area contributed by atoms with E-state index >= 15 is 0 Å². The first kappa shape index (κ1) is 13.2. The summed E-state index contributed by atoms with van der Waals surface area (Å²) in [5.41, 5.74) is 3.39. The van der Waals surface area contributed by atoms with Crippen molar-refractivity contribution in [2.45, 2.75) is 26.4 Å². The van der Waals surface area contributed by atoms with Crippen molar-refractivity contribution in [3.8, 4) is 11.4 Å². The topological polar surface area (TPSA) is 69.4 Å². The van der Waals surface area contributed by atoms with Crippen LogP contribution in [0.4, 0.5) is 0 Å². The predicted molar refractivity (Wildman–Crippen MR) is 71.7 cm³/mol. The molecule has 0 aliphatic carbocycles. The number of benzene rings is 1. The van der Waals surface area contributed by atoms with Crippen LogP contribution in [0.25, 0.3) is 11.4 Å². The van der Waals surface area contributed by atoms with E-state index in [0.717, 1.165) is 11.4 Å². The van der Waals surface area contributed by atoms with Crippen LogP contribution in [0.3, 0.4) is 0 Å². The summed E-state index contributed by atoms with van der Waals surface area (Å²) in [7, 11) is 1.65. The van der Waals surface area contributed by atoms with Crippen LogP contribution in [0.5, 0.6) is 0 Å². The zero-order chi connectivity index (χ0) is 13.9. The number of hydrogen-bond donors (Lipinski definition) is 1. The van der Waals surface area contributed by atoms with Gasteiger partial charge in [0.15, 0.2) is 11.6 Å². The lowest BCUT2D eigenvalue weighted by Crippen LogP contribution is -2.10. The maximum absolute atomic E-state index is 9.35. The van der Waals surface area contributed by atoms with Crippen LogP contribution >= 0.6 is 0 Å². The fourth-order valence-corrected chi connectivity index (χ4v) is 2.39. The molecule has 106 valence electrons. The van der Waals surface area contributed by atoms with Gasteiger partial charge in [-0.25, -0.2) is 0 Å². The van der Waals surface area contributed by atoms with Crippen LogP contribution in [0.15, 0.2) is 18.2 Å². The Morgan fingerprint density at radius 1 is 1.30 bits per heavy atom. The van der Waals surface area contributed by atoms with Gasteiger partial charge in [-0.2, -0.15) is 0 Å². The minimum atomic E-state index is -0.134. The maximum atomic E-state index is 9.35. The number of aliphatic hydroxyl groups excluding tert-OH is 1. The molecular weight excluding hydrogens is 258 g/mol. The Hall–Kier alpha value is -1.76. The zero-order valence-corrected chi connectivity index (χ0v) is 11.4. The highest BCUT2D eigenvalue weighted by Gasteiger charge is 2.16. The van der Waals surface area contributed by atoms with Crippen molar-refractivity contribution in [2.24, 2.45) is 0 Å². The van der Waals surface area contributed by atoms with Crippen LogP contribution < -0.4 is 0 Å². The normalized spacial score (nSPS) is 13.7. The van der Waals surface area contributed by atoms with E-state index < -0.39 is 0 Å². The molecule has 0 radical (unpaired) electrons. The first-order chi connectivity index (χ1) is 9.83. The second-order valence-electron chi connectivity index (χ2n) is 4.72. The standard InChI is InChI=1S/C14H17N3O3/c1-19-5-4-17-13(7-18)15-16-14(17)10-2-3-11-8-20-9-12(11)6-10/h2-3,6,18H,4-5,7-9H2,1H3. The molecule has 20 heavy (non-hydrogen) atoms. The van der Waals surface area contributed by atoms with Gasteiger partial charge in [-0.15, -0.1) is 10.2 Å². The number of fused-ring (bicyclic) bond motifs is 1. The van der Waals surface area contributed by atoms with Crippen molar-refractivity contribution in [1.82, 2.24) is 14.8 Å². The van der Waals surface area contributed by atoms with Gasteiger partial charge in [-0.3, -0.25) is 0 Å². The SMILES string of the molecule is COCCn1c(CO)nnc1-c1ccc2c(c1)COC2. The smallest absolute Gasteiger partial charge is 0.164 e. The van der Waals surface area contributed by atoms with E-state index in [1.54, 1.807) is 7.11 Å². The highest BCUT2D eigenvalue weighted by molar-refractivity contribution is 5.58. The van der Waals surface area contributed by atoms with Crippen molar-refractivity contribution in [1.29, 1.82) is 0 Å². The van der Waals surface area contributed by atoms with Crippen LogP contribution in [-0.2, 0) is 35.8 Å². The Morgan fingerprint density at radius 3 is 2.95 bits per heavy atom. The number of aliphatic hydroxyl groups is 1. The molecule has 2 heterocycles. The van der Waals surface area contributed by atoms with E-state index in [2.05, 4.69) is 22.3 Å². The molecule has 1 aliphatic heterocycles. The minimum Gasteiger partial charge on any atom is -0.388 e. The van der Waals surface area contributed by atoms with E-state index in [4.69, 9.17) is 9.47 Å². The van der Waals surface area contributed by atoms with Crippen LogP contribution in [-0.4, -0.2) is 33.6 Å². The number of aromatic nitrogens is 3. The monoisotopic (exact) mass is 275 g/mol. The summed E-state index contributed by atoms with van der Waals surface area (Å²) in [6.07, 6.45) is 0. The van der Waals surface area contributed by atoms with Gasteiger partial charge in [0.2, 0.25) is 0 Å². The van der Waals surface area contributed by atoms with Gasteiger partial charge < -0.3 is 19.1 Å². The zero-order valence-electron chi connectivity index (χ0n) is 11.4. The molecule has 0 atom stereocenters. The van der Waals surface area contributed by atoms with Crippen molar-refractivity contribution >= 4 is 0 Å². The predicted octanol–water partition coefficient (Wildman–Crippen LogP) is 1.11. The lowest BCUT2D eigenvalue weighted by molar-refractivity contribution is 0.134. The third-order valence-electron chi connectivity index (χ3n) is 3.47. The summed E-state index contributed by atoms with van der Waals surface area (Å²) in [5.74, 6) is 1.30. The number of nitrogens with zero attached hydrogens (tertiary/aromatic N) is 3. The highest BCUT2D eigenvalue weighted by Crippen LogP contribution is 2.26. The lowest BCUT2D eigenvalue weighted by Gasteiger charge is -2.09. The van der Waals surface area contributed by atoms with Gasteiger partial charge in [-0.05, 0) is 17.2 Å². The molecule has 0 fully saturated rings. The molecule has 6 nitrogen and oxygen atoms in total. The summed E-state index contributed by atoms with van der Waals surface area (Å²) in [6.45, 7) is 2.34. The molecule has 1 aliphatic rings. The molecule has 6 heteroatoms. The molecule has 1 aromatic heterocycles. The molecule has 0 bridgehead atoms. The second-order valence-corrected chi connectivity index (χ2v) is 4.72. The molecule has 3 rings (SSSR count). The fourth-order valence-electron chi connectivity index (χ4n) is 2.39. The molecule has 1 aromatic carbocycles. The van der Waals surface area contributed by atoms with E-state index in [0.29, 0.717) is 32.2 Å². The third-order valence-corrected chi connectivity index (χ3v) is 3.47. The van der Waals surface area contributed by atoms with Crippen molar-refractivity contribution in [3.63, 3.8) is 0 Å². The Kier molecular flexibility index (Phi) is 3.77. The molecule has 0 spiro atoms. The van der Waals surface area contributed by atoms with E-state index in [-0.39, 0.29) is 6.61 Å². The van der Waals surface area contributed by atoms with Crippen molar-refractivity contribution in [3.05, 3.63) is 35.2 Å². The molecule has 2 aromatic rings. The average Bonchev–Trinajstić information content (AvgIpc) is 3.10. The number of hydrogen-bond acceptors (Lipinski definition) is 5. The minimum absolute atomic E-state index is 0.134. The quantitative estimate of drug-likeness (QED) is 0.885.